The first-order valence-electron chi connectivity index (χ1n) is 11.7. The summed E-state index contributed by atoms with van der Waals surface area (Å²) in [5.74, 6) is 0.529. The van der Waals surface area contributed by atoms with E-state index < -0.39 is 17.2 Å². The number of alkyl halides is 3. The van der Waals surface area contributed by atoms with Crippen molar-refractivity contribution in [2.45, 2.75) is 69.6 Å². The van der Waals surface area contributed by atoms with Crippen molar-refractivity contribution in [1.29, 1.82) is 0 Å². The number of hydrogen-bond donors (Lipinski definition) is 1. The van der Waals surface area contributed by atoms with Crippen molar-refractivity contribution < 1.29 is 23.1 Å². The van der Waals surface area contributed by atoms with Crippen LogP contribution in [0.15, 0.2) is 63.7 Å². The molecule has 33 heavy (non-hydrogen) atoms. The van der Waals surface area contributed by atoms with E-state index in [1.807, 2.05) is 25.1 Å². The van der Waals surface area contributed by atoms with E-state index in [4.69, 9.17) is 0 Å². The summed E-state index contributed by atoms with van der Waals surface area (Å²) < 4.78 is 40.1. The zero-order valence-electron chi connectivity index (χ0n) is 18.6. The van der Waals surface area contributed by atoms with Crippen LogP contribution in [-0.4, -0.2) is 22.7 Å². The van der Waals surface area contributed by atoms with Crippen molar-refractivity contribution in [3.8, 4) is 0 Å². The summed E-state index contributed by atoms with van der Waals surface area (Å²) in [6.07, 6.45) is 3.21. The van der Waals surface area contributed by atoms with Crippen LogP contribution in [-0.2, 0) is 4.79 Å². The van der Waals surface area contributed by atoms with Crippen molar-refractivity contribution in [2.24, 2.45) is 17.3 Å². The maximum absolute atomic E-state index is 13.0. The molecule has 0 saturated heterocycles. The predicted molar refractivity (Wildman–Crippen MR) is 125 cm³/mol. The van der Waals surface area contributed by atoms with Crippen molar-refractivity contribution in [3.05, 3.63) is 69.2 Å². The molecule has 0 unspecified atom stereocenters. The molecule has 1 aromatic rings. The number of carbonyl (C=O) groups excluding carboxylic acids is 1. The zero-order valence-corrected chi connectivity index (χ0v) is 20.2. The van der Waals surface area contributed by atoms with Gasteiger partial charge in [0.2, 0.25) is 0 Å². The van der Waals surface area contributed by atoms with Crippen LogP contribution in [0.2, 0.25) is 0 Å². The Balaban J connectivity index is 1.65. The number of rotatable bonds is 2. The Labute approximate surface area is 200 Å². The molecule has 4 aliphatic rings. The summed E-state index contributed by atoms with van der Waals surface area (Å²) in [6, 6.07) is 8.15. The van der Waals surface area contributed by atoms with Crippen LogP contribution in [0, 0.1) is 17.3 Å². The van der Waals surface area contributed by atoms with Gasteiger partial charge < -0.3 is 5.11 Å². The number of aliphatic hydroxyl groups is 1. The highest BCUT2D eigenvalue weighted by atomic mass is 79.9. The maximum atomic E-state index is 13.0. The molecule has 0 aromatic heterocycles. The quantitative estimate of drug-likeness (QED) is 0.418. The van der Waals surface area contributed by atoms with Gasteiger partial charge in [0.25, 0.3) is 0 Å². The van der Waals surface area contributed by atoms with E-state index in [-0.39, 0.29) is 29.6 Å². The lowest BCUT2D eigenvalue weighted by Gasteiger charge is -2.54. The fourth-order valence-corrected chi connectivity index (χ4v) is 7.46. The second-order valence-electron chi connectivity index (χ2n) is 10.4. The fraction of sp³-hybridized carbons (Fsp3) is 0.519. The van der Waals surface area contributed by atoms with Gasteiger partial charge in [0, 0.05) is 28.3 Å². The van der Waals surface area contributed by atoms with Crippen LogP contribution >= 0.6 is 15.9 Å². The number of hydrogen-bond acceptors (Lipinski definition) is 2. The number of ketones is 1. The summed E-state index contributed by atoms with van der Waals surface area (Å²) in [7, 11) is 0. The van der Waals surface area contributed by atoms with E-state index in [1.165, 1.54) is 11.1 Å². The Morgan fingerprint density at radius 1 is 1.12 bits per heavy atom. The van der Waals surface area contributed by atoms with E-state index in [0.29, 0.717) is 25.7 Å². The first-order valence-corrected chi connectivity index (χ1v) is 12.5. The molecule has 2 saturated carbocycles. The minimum Gasteiger partial charge on any atom is -0.385 e. The average Bonchev–Trinajstić information content (AvgIpc) is 3.02. The molecule has 5 atom stereocenters. The Bertz CT molecular complexity index is 1070. The highest BCUT2D eigenvalue weighted by Gasteiger charge is 2.62. The summed E-state index contributed by atoms with van der Waals surface area (Å²) in [4.78, 5) is 12.1. The van der Waals surface area contributed by atoms with E-state index >= 15 is 0 Å². The third-order valence-electron chi connectivity index (χ3n) is 8.77. The lowest BCUT2D eigenvalue weighted by molar-refractivity contribution is -0.114. The maximum Gasteiger partial charge on any atom is 0.409 e. The molecular weight excluding hydrogens is 493 g/mol. The molecule has 0 amide bonds. The molecule has 1 aromatic carbocycles. The molecule has 2 fully saturated rings. The van der Waals surface area contributed by atoms with E-state index in [2.05, 4.69) is 28.1 Å². The van der Waals surface area contributed by atoms with Crippen molar-refractivity contribution in [1.82, 2.24) is 0 Å². The molecular formula is C27H28BrF3O2. The largest absolute Gasteiger partial charge is 0.409 e. The Morgan fingerprint density at radius 2 is 1.85 bits per heavy atom. The van der Waals surface area contributed by atoms with Crippen LogP contribution in [0.4, 0.5) is 13.2 Å². The number of halogens is 4. The number of allylic oxidation sites excluding steroid dienone is 5. The van der Waals surface area contributed by atoms with Crippen LogP contribution in [0.3, 0.4) is 0 Å². The normalized spacial score (nSPS) is 36.5. The lowest BCUT2D eigenvalue weighted by Crippen LogP contribution is -2.50. The molecule has 0 radical (unpaired) electrons. The van der Waals surface area contributed by atoms with Gasteiger partial charge in [-0.3, -0.25) is 4.79 Å². The van der Waals surface area contributed by atoms with E-state index in [1.54, 1.807) is 0 Å². The molecule has 1 N–H and O–H groups in total. The first-order chi connectivity index (χ1) is 15.5. The second-order valence-corrected chi connectivity index (χ2v) is 11.3. The minimum absolute atomic E-state index is 0.0140. The van der Waals surface area contributed by atoms with E-state index in [9.17, 15) is 23.1 Å². The van der Waals surface area contributed by atoms with Crippen molar-refractivity contribution in [3.63, 3.8) is 0 Å². The highest BCUT2D eigenvalue weighted by molar-refractivity contribution is 9.10. The van der Waals surface area contributed by atoms with Gasteiger partial charge in [0.1, 0.15) is 0 Å². The average molecular weight is 521 g/mol. The van der Waals surface area contributed by atoms with Crippen LogP contribution in [0.25, 0.3) is 0 Å². The number of carbonyl (C=O) groups is 1. The van der Waals surface area contributed by atoms with Gasteiger partial charge in [-0.2, -0.15) is 13.2 Å². The van der Waals surface area contributed by atoms with Gasteiger partial charge in [-0.25, -0.2) is 0 Å². The van der Waals surface area contributed by atoms with Crippen LogP contribution < -0.4 is 0 Å². The summed E-state index contributed by atoms with van der Waals surface area (Å²) in [6.45, 7) is 1.99. The van der Waals surface area contributed by atoms with Gasteiger partial charge in [-0.05, 0) is 91.4 Å². The topological polar surface area (TPSA) is 37.3 Å². The molecule has 4 aliphatic carbocycles. The second kappa shape index (κ2) is 7.94. The summed E-state index contributed by atoms with van der Waals surface area (Å²) >= 11 is 3.50. The van der Waals surface area contributed by atoms with Gasteiger partial charge in [-0.1, -0.05) is 40.6 Å². The number of benzene rings is 1. The first kappa shape index (κ1) is 23.1. The van der Waals surface area contributed by atoms with Gasteiger partial charge >= 0.3 is 6.18 Å². The highest BCUT2D eigenvalue weighted by Crippen LogP contribution is 2.67. The molecule has 5 rings (SSSR count). The van der Waals surface area contributed by atoms with Crippen molar-refractivity contribution in [2.75, 3.05) is 0 Å². The molecule has 176 valence electrons. The zero-order chi connectivity index (χ0) is 23.6. The van der Waals surface area contributed by atoms with E-state index in [0.717, 1.165) is 40.9 Å². The van der Waals surface area contributed by atoms with Gasteiger partial charge in [0.15, 0.2) is 5.78 Å². The Morgan fingerprint density at radius 3 is 2.55 bits per heavy atom. The Hall–Kier alpha value is -1.66. The standard InChI is InChI=1S/C27H28BrF3O2/c1-25-15-22(16-2-5-18(28)6-3-16)24-20-9-7-19(32)14-17(20)4-8-21(24)23(25)10-11-26(25,33)12-13-27(29,30)31/h2-3,5-6,12-14,21-23,33H,4,7-11,15H2,1H3/b13-12+/t21-,22+,23-,25-,26+/m0/s1. The third-order valence-corrected chi connectivity index (χ3v) is 9.30. The van der Waals surface area contributed by atoms with Crippen molar-refractivity contribution >= 4 is 21.7 Å². The molecule has 0 spiro atoms. The van der Waals surface area contributed by atoms with Crippen LogP contribution in [0.5, 0.6) is 0 Å². The van der Waals surface area contributed by atoms with Gasteiger partial charge in [-0.15, -0.1) is 0 Å². The fourth-order valence-electron chi connectivity index (χ4n) is 7.20. The van der Waals surface area contributed by atoms with Gasteiger partial charge in [0.05, 0.1) is 5.60 Å². The molecule has 0 heterocycles. The minimum atomic E-state index is -4.45. The molecule has 0 bridgehead atoms. The van der Waals surface area contributed by atoms with Crippen LogP contribution in [0.1, 0.15) is 63.4 Å². The lowest BCUT2D eigenvalue weighted by atomic mass is 9.51. The summed E-state index contributed by atoms with van der Waals surface area (Å²) in [5.41, 5.74) is 2.78. The predicted octanol–water partition coefficient (Wildman–Crippen LogP) is 7.20. The molecule has 2 nitrogen and oxygen atoms in total. The monoisotopic (exact) mass is 520 g/mol. The molecule has 6 heteroatoms. The summed E-state index contributed by atoms with van der Waals surface area (Å²) in [5, 5.41) is 11.6. The third kappa shape index (κ3) is 3.87. The smallest absolute Gasteiger partial charge is 0.385 e. The SMILES string of the molecule is C[C@]12C[C@H](c3ccc(Br)cc3)C3=C4CCC(=O)C=C4CC[C@H]3[C@@H]1CC[C@@]2(O)/C=C/C(F)(F)F. The molecule has 0 aliphatic heterocycles. The number of fused-ring (bicyclic) bond motifs is 4. The Kier molecular flexibility index (Phi) is 5.56.